The summed E-state index contributed by atoms with van der Waals surface area (Å²) in [6.45, 7) is 6.24. The molecule has 0 heteroatoms. The topological polar surface area (TPSA) is 0 Å². The molecule has 1 rings (SSSR count). The molecule has 0 aliphatic rings. The molecule has 1 radical (unpaired) electrons. The van der Waals surface area contributed by atoms with Gasteiger partial charge in [0, 0.05) is 0 Å². The Bertz CT molecular complexity index is 213. The Morgan fingerprint density at radius 2 is 1.92 bits per heavy atom. The summed E-state index contributed by atoms with van der Waals surface area (Å²) in [5, 5.41) is 0. The third kappa shape index (κ3) is 3.63. The van der Waals surface area contributed by atoms with Crippen molar-refractivity contribution in [2.24, 2.45) is 5.92 Å². The Hall–Kier alpha value is -0.780. The van der Waals surface area contributed by atoms with Crippen molar-refractivity contribution in [2.75, 3.05) is 0 Å². The van der Waals surface area contributed by atoms with E-state index in [4.69, 9.17) is 0 Å². The zero-order chi connectivity index (χ0) is 9.52. The molecule has 71 valence electrons. The van der Waals surface area contributed by atoms with Gasteiger partial charge in [-0.25, -0.2) is 0 Å². The van der Waals surface area contributed by atoms with Gasteiger partial charge in [-0.05, 0) is 17.9 Å². The third-order valence-electron chi connectivity index (χ3n) is 2.47. The van der Waals surface area contributed by atoms with Crippen molar-refractivity contribution in [3.63, 3.8) is 0 Å². The van der Waals surface area contributed by atoms with E-state index in [1.54, 1.807) is 0 Å². The van der Waals surface area contributed by atoms with Crippen molar-refractivity contribution in [1.29, 1.82) is 0 Å². The molecule has 0 nitrogen and oxygen atoms in total. The minimum Gasteiger partial charge on any atom is -0.0654 e. The van der Waals surface area contributed by atoms with Crippen LogP contribution in [-0.2, 0) is 6.42 Å². The lowest BCUT2D eigenvalue weighted by molar-refractivity contribution is 0.481. The molecule has 1 unspecified atom stereocenters. The fourth-order valence-electron chi connectivity index (χ4n) is 1.70. The van der Waals surface area contributed by atoms with Crippen LogP contribution in [0.3, 0.4) is 0 Å². The average Bonchev–Trinajstić information content (AvgIpc) is 2.19. The first kappa shape index (κ1) is 10.3. The van der Waals surface area contributed by atoms with Crippen LogP contribution in [0.2, 0.25) is 0 Å². The zero-order valence-corrected chi connectivity index (χ0v) is 8.50. The summed E-state index contributed by atoms with van der Waals surface area (Å²) in [6, 6.07) is 10.7. The van der Waals surface area contributed by atoms with Gasteiger partial charge in [0.15, 0.2) is 0 Å². The van der Waals surface area contributed by atoms with Crippen LogP contribution in [0, 0.1) is 12.8 Å². The highest BCUT2D eigenvalue weighted by atomic mass is 14.1. The summed E-state index contributed by atoms with van der Waals surface area (Å²) in [7, 11) is 0. The Morgan fingerprint density at radius 1 is 1.23 bits per heavy atom. The van der Waals surface area contributed by atoms with Gasteiger partial charge in [-0.2, -0.15) is 0 Å². The molecular weight excluding hydrogens is 156 g/mol. The fraction of sp³-hybridized carbons (Fsp3) is 0.462. The van der Waals surface area contributed by atoms with E-state index in [1.165, 1.54) is 24.8 Å². The predicted octanol–water partition coefficient (Wildman–Crippen LogP) is 3.87. The van der Waals surface area contributed by atoms with Crippen LogP contribution in [0.15, 0.2) is 30.3 Å². The zero-order valence-electron chi connectivity index (χ0n) is 8.50. The van der Waals surface area contributed by atoms with Gasteiger partial charge in [-0.1, -0.05) is 63.4 Å². The van der Waals surface area contributed by atoms with Gasteiger partial charge in [0.25, 0.3) is 0 Å². The molecule has 0 aliphatic carbocycles. The monoisotopic (exact) mass is 175 g/mol. The van der Waals surface area contributed by atoms with E-state index in [0.29, 0.717) is 0 Å². The van der Waals surface area contributed by atoms with Gasteiger partial charge in [-0.3, -0.25) is 0 Å². The lowest BCUT2D eigenvalue weighted by Gasteiger charge is -2.13. The van der Waals surface area contributed by atoms with Crippen LogP contribution < -0.4 is 0 Å². The second-order valence-electron chi connectivity index (χ2n) is 3.63. The first-order valence-corrected chi connectivity index (χ1v) is 5.20. The van der Waals surface area contributed by atoms with Crippen LogP contribution in [0.1, 0.15) is 31.7 Å². The fourth-order valence-corrected chi connectivity index (χ4v) is 1.70. The van der Waals surface area contributed by atoms with Crippen molar-refractivity contribution >= 4 is 0 Å². The third-order valence-corrected chi connectivity index (χ3v) is 2.47. The van der Waals surface area contributed by atoms with Crippen LogP contribution >= 0.6 is 0 Å². The number of hydrogen-bond donors (Lipinski definition) is 0. The molecule has 0 N–H and O–H groups in total. The SMILES string of the molecule is [CH2]CC(CCC)Cc1ccccc1. The van der Waals surface area contributed by atoms with Gasteiger partial charge in [0.2, 0.25) is 0 Å². The predicted molar refractivity (Wildman–Crippen MR) is 58.5 cm³/mol. The molecule has 0 amide bonds. The van der Waals surface area contributed by atoms with E-state index in [9.17, 15) is 0 Å². The Kier molecular flexibility index (Phi) is 4.59. The highest BCUT2D eigenvalue weighted by Crippen LogP contribution is 2.16. The molecule has 0 aliphatic heterocycles. The van der Waals surface area contributed by atoms with E-state index in [-0.39, 0.29) is 0 Å². The van der Waals surface area contributed by atoms with Crippen molar-refractivity contribution in [1.82, 2.24) is 0 Å². The van der Waals surface area contributed by atoms with Crippen LogP contribution in [-0.4, -0.2) is 0 Å². The van der Waals surface area contributed by atoms with Crippen molar-refractivity contribution < 1.29 is 0 Å². The second-order valence-corrected chi connectivity index (χ2v) is 3.63. The normalized spacial score (nSPS) is 12.8. The smallest absolute Gasteiger partial charge is 0.0250 e. The first-order valence-electron chi connectivity index (χ1n) is 5.20. The van der Waals surface area contributed by atoms with E-state index < -0.39 is 0 Å². The van der Waals surface area contributed by atoms with Gasteiger partial charge in [-0.15, -0.1) is 0 Å². The molecule has 0 saturated heterocycles. The maximum Gasteiger partial charge on any atom is -0.0250 e. The highest BCUT2D eigenvalue weighted by molar-refractivity contribution is 5.15. The van der Waals surface area contributed by atoms with Crippen molar-refractivity contribution in [3.8, 4) is 0 Å². The van der Waals surface area contributed by atoms with Gasteiger partial charge in [0.05, 0.1) is 0 Å². The van der Waals surface area contributed by atoms with Crippen molar-refractivity contribution in [3.05, 3.63) is 42.8 Å². The quantitative estimate of drug-likeness (QED) is 0.637. The maximum absolute atomic E-state index is 4.00. The molecule has 13 heavy (non-hydrogen) atoms. The molecule has 1 aromatic carbocycles. The summed E-state index contributed by atoms with van der Waals surface area (Å²) >= 11 is 0. The Morgan fingerprint density at radius 3 is 2.46 bits per heavy atom. The van der Waals surface area contributed by atoms with Gasteiger partial charge < -0.3 is 0 Å². The summed E-state index contributed by atoms with van der Waals surface area (Å²) in [5.74, 6) is 0.771. The lowest BCUT2D eigenvalue weighted by atomic mass is 9.93. The molecule has 0 bridgehead atoms. The largest absolute Gasteiger partial charge is 0.0654 e. The summed E-state index contributed by atoms with van der Waals surface area (Å²) in [6.07, 6.45) is 4.83. The molecule has 1 aromatic rings. The molecule has 1 atom stereocenters. The number of benzene rings is 1. The summed E-state index contributed by atoms with van der Waals surface area (Å²) in [4.78, 5) is 0. The van der Waals surface area contributed by atoms with Crippen LogP contribution in [0.4, 0.5) is 0 Å². The van der Waals surface area contributed by atoms with E-state index >= 15 is 0 Å². The first-order chi connectivity index (χ1) is 6.36. The highest BCUT2D eigenvalue weighted by Gasteiger charge is 2.05. The molecular formula is C13H19. The summed E-state index contributed by atoms with van der Waals surface area (Å²) < 4.78 is 0. The van der Waals surface area contributed by atoms with Gasteiger partial charge in [0.1, 0.15) is 0 Å². The summed E-state index contributed by atoms with van der Waals surface area (Å²) in [5.41, 5.74) is 1.45. The van der Waals surface area contributed by atoms with Crippen molar-refractivity contribution in [2.45, 2.75) is 32.6 Å². The van der Waals surface area contributed by atoms with E-state index in [0.717, 1.165) is 12.3 Å². The number of rotatable bonds is 5. The molecule has 0 heterocycles. The minimum atomic E-state index is 0.771. The van der Waals surface area contributed by atoms with E-state index in [2.05, 4.69) is 44.2 Å². The Labute approximate surface area is 82.0 Å². The Balaban J connectivity index is 2.46. The maximum atomic E-state index is 4.00. The second kappa shape index (κ2) is 5.80. The molecule has 0 spiro atoms. The van der Waals surface area contributed by atoms with Gasteiger partial charge >= 0.3 is 0 Å². The van der Waals surface area contributed by atoms with Crippen LogP contribution in [0.25, 0.3) is 0 Å². The van der Waals surface area contributed by atoms with Crippen LogP contribution in [0.5, 0.6) is 0 Å². The molecule has 0 fully saturated rings. The minimum absolute atomic E-state index is 0.771. The molecule has 0 saturated carbocycles. The standard InChI is InChI=1S/C13H19/c1-3-8-12(4-2)11-13-9-6-5-7-10-13/h5-7,9-10,12H,2-4,8,11H2,1H3. The average molecular weight is 175 g/mol. The lowest BCUT2D eigenvalue weighted by Crippen LogP contribution is -2.02. The van der Waals surface area contributed by atoms with E-state index in [1.807, 2.05) is 0 Å². The molecule has 0 aromatic heterocycles. The number of hydrogen-bond acceptors (Lipinski definition) is 0.